The number of likely N-dealkylation sites (N-methyl/N-ethyl adjacent to an activating group) is 1. The van der Waals surface area contributed by atoms with Crippen LogP contribution in [0.3, 0.4) is 0 Å². The number of H-pyrrole nitrogens is 1. The minimum atomic E-state index is 0.0125. The van der Waals surface area contributed by atoms with Crippen LogP contribution in [0.2, 0.25) is 0 Å². The largest absolute Gasteiger partial charge is 0.454 e. The summed E-state index contributed by atoms with van der Waals surface area (Å²) in [6, 6.07) is 14.7. The minimum Gasteiger partial charge on any atom is -0.454 e. The highest BCUT2D eigenvalue weighted by atomic mass is 32.1. The van der Waals surface area contributed by atoms with Gasteiger partial charge in [0.15, 0.2) is 11.5 Å². The van der Waals surface area contributed by atoms with Crippen molar-refractivity contribution >= 4 is 28.1 Å². The number of nitrogens with one attached hydrogen (secondary N) is 2. The molecule has 0 unspecified atom stereocenters. The third-order valence-corrected chi connectivity index (χ3v) is 6.03. The van der Waals surface area contributed by atoms with Gasteiger partial charge in [0.1, 0.15) is 0 Å². The van der Waals surface area contributed by atoms with Gasteiger partial charge in [-0.05, 0) is 35.7 Å². The van der Waals surface area contributed by atoms with Gasteiger partial charge in [-0.25, -0.2) is 0 Å². The molecular formula is C21H21N3O2S. The molecule has 2 N–H and O–H groups in total. The van der Waals surface area contributed by atoms with Gasteiger partial charge >= 0.3 is 0 Å². The average Bonchev–Trinajstić information content (AvgIpc) is 3.30. The predicted molar refractivity (Wildman–Crippen MR) is 110 cm³/mol. The monoisotopic (exact) mass is 379 g/mol. The average molecular weight is 379 g/mol. The number of thiocarbonyl (C=S) groups is 1. The van der Waals surface area contributed by atoms with E-state index in [2.05, 4.69) is 46.7 Å². The number of aromatic amines is 1. The van der Waals surface area contributed by atoms with Gasteiger partial charge < -0.3 is 19.4 Å². The Kier molecular flexibility index (Phi) is 3.84. The number of hydrogen-bond acceptors (Lipinski definition) is 4. The van der Waals surface area contributed by atoms with E-state index >= 15 is 0 Å². The Labute approximate surface area is 163 Å². The summed E-state index contributed by atoms with van der Waals surface area (Å²) in [6.07, 6.45) is 0.872. The van der Waals surface area contributed by atoms with E-state index in [1.54, 1.807) is 0 Å². The molecule has 5 rings (SSSR count). The standard InChI is InChI=1S/C21H21N3O2S/c1-24(2)21(27)16-10-14-13-5-3-4-6-15(13)22-20(14)19(23-16)12-7-8-17-18(9-12)26-11-25-17/h3-9,16,19,22-23H,10-11H2,1-2H3/t16-,19-/m1/s1. The molecule has 0 aliphatic carbocycles. The zero-order valence-electron chi connectivity index (χ0n) is 15.3. The van der Waals surface area contributed by atoms with E-state index in [0.29, 0.717) is 0 Å². The first kappa shape index (κ1) is 16.6. The maximum atomic E-state index is 5.71. The highest BCUT2D eigenvalue weighted by Crippen LogP contribution is 2.39. The number of hydrogen-bond donors (Lipinski definition) is 2. The smallest absolute Gasteiger partial charge is 0.231 e. The second kappa shape index (κ2) is 6.25. The van der Waals surface area contributed by atoms with Gasteiger partial charge in [0, 0.05) is 30.7 Å². The van der Waals surface area contributed by atoms with Crippen LogP contribution in [0, 0.1) is 0 Å². The van der Waals surface area contributed by atoms with E-state index in [1.807, 2.05) is 25.1 Å². The number of aromatic nitrogens is 1. The Bertz CT molecular complexity index is 1040. The lowest BCUT2D eigenvalue weighted by Gasteiger charge is -2.34. The lowest BCUT2D eigenvalue weighted by atomic mass is 9.90. The fourth-order valence-corrected chi connectivity index (χ4v) is 4.21. The molecule has 0 bridgehead atoms. The van der Waals surface area contributed by atoms with Crippen LogP contribution in [0.15, 0.2) is 42.5 Å². The third-order valence-electron chi connectivity index (χ3n) is 5.38. The molecular weight excluding hydrogens is 358 g/mol. The highest BCUT2D eigenvalue weighted by molar-refractivity contribution is 7.80. The van der Waals surface area contributed by atoms with Crippen molar-refractivity contribution in [1.29, 1.82) is 0 Å². The summed E-state index contributed by atoms with van der Waals surface area (Å²) in [5.74, 6) is 1.59. The topological polar surface area (TPSA) is 49.5 Å². The number of rotatable bonds is 2. The second-order valence-corrected chi connectivity index (χ2v) is 7.68. The van der Waals surface area contributed by atoms with Gasteiger partial charge in [-0.1, -0.05) is 36.5 Å². The number of benzene rings is 2. The van der Waals surface area contributed by atoms with Crippen LogP contribution in [-0.4, -0.2) is 41.8 Å². The summed E-state index contributed by atoms with van der Waals surface area (Å²) in [4.78, 5) is 6.56. The molecule has 0 radical (unpaired) electrons. The number of para-hydroxylation sites is 1. The van der Waals surface area contributed by atoms with Crippen LogP contribution in [-0.2, 0) is 6.42 Å². The summed E-state index contributed by atoms with van der Waals surface area (Å²) in [5, 5.41) is 5.02. The molecule has 2 aliphatic heterocycles. The summed E-state index contributed by atoms with van der Waals surface area (Å²) in [7, 11) is 4.01. The molecule has 0 saturated heterocycles. The molecule has 3 heterocycles. The van der Waals surface area contributed by atoms with Crippen LogP contribution < -0.4 is 14.8 Å². The highest BCUT2D eigenvalue weighted by Gasteiger charge is 2.33. The molecule has 0 fully saturated rings. The van der Waals surface area contributed by atoms with Crippen molar-refractivity contribution in [2.75, 3.05) is 20.9 Å². The summed E-state index contributed by atoms with van der Waals surface area (Å²) in [5.41, 5.74) is 4.83. The number of ether oxygens (including phenoxy) is 2. The normalized spacial score (nSPS) is 20.5. The predicted octanol–water partition coefficient (Wildman–Crippen LogP) is 3.39. The van der Waals surface area contributed by atoms with Crippen LogP contribution >= 0.6 is 12.2 Å². The zero-order valence-corrected chi connectivity index (χ0v) is 16.1. The van der Waals surface area contributed by atoms with Crippen molar-refractivity contribution in [2.24, 2.45) is 0 Å². The SMILES string of the molecule is CN(C)C(=S)[C@H]1Cc2c([nH]c3ccccc23)[C@@H](c2ccc3c(c2)OCO3)N1. The minimum absolute atomic E-state index is 0.0125. The molecule has 5 nitrogen and oxygen atoms in total. The van der Waals surface area contributed by atoms with Crippen molar-refractivity contribution in [3.63, 3.8) is 0 Å². The van der Waals surface area contributed by atoms with Crippen LogP contribution in [0.1, 0.15) is 22.9 Å². The Morgan fingerprint density at radius 2 is 1.93 bits per heavy atom. The van der Waals surface area contributed by atoms with Gasteiger partial charge in [-0.15, -0.1) is 0 Å². The van der Waals surface area contributed by atoms with Gasteiger partial charge in [-0.3, -0.25) is 5.32 Å². The van der Waals surface area contributed by atoms with Crippen molar-refractivity contribution in [2.45, 2.75) is 18.5 Å². The molecule has 138 valence electrons. The first-order chi connectivity index (χ1) is 13.1. The van der Waals surface area contributed by atoms with E-state index in [1.165, 1.54) is 16.6 Å². The number of nitrogens with zero attached hydrogens (tertiary/aromatic N) is 1. The quantitative estimate of drug-likeness (QED) is 0.669. The lowest BCUT2D eigenvalue weighted by molar-refractivity contribution is 0.174. The van der Waals surface area contributed by atoms with E-state index in [4.69, 9.17) is 21.7 Å². The first-order valence-corrected chi connectivity index (χ1v) is 9.49. The zero-order chi connectivity index (χ0) is 18.5. The third kappa shape index (κ3) is 2.67. The van der Waals surface area contributed by atoms with Crippen molar-refractivity contribution in [1.82, 2.24) is 15.2 Å². The fraction of sp³-hybridized carbons (Fsp3) is 0.286. The molecule has 2 aromatic carbocycles. The summed E-state index contributed by atoms with van der Waals surface area (Å²) < 4.78 is 11.1. The maximum Gasteiger partial charge on any atom is 0.231 e. The van der Waals surface area contributed by atoms with Crippen LogP contribution in [0.5, 0.6) is 11.5 Å². The Balaban J connectivity index is 1.64. The van der Waals surface area contributed by atoms with Gasteiger partial charge in [0.05, 0.1) is 17.1 Å². The summed E-state index contributed by atoms with van der Waals surface area (Å²) >= 11 is 5.71. The van der Waals surface area contributed by atoms with Crippen LogP contribution in [0.4, 0.5) is 0 Å². The van der Waals surface area contributed by atoms with Crippen molar-refractivity contribution in [3.8, 4) is 11.5 Å². The van der Waals surface area contributed by atoms with E-state index < -0.39 is 0 Å². The molecule has 0 saturated carbocycles. The fourth-order valence-electron chi connectivity index (χ4n) is 4.06. The number of fused-ring (bicyclic) bond motifs is 4. The lowest BCUT2D eigenvalue weighted by Crippen LogP contribution is -2.48. The van der Waals surface area contributed by atoms with Crippen LogP contribution in [0.25, 0.3) is 10.9 Å². The molecule has 0 amide bonds. The summed E-state index contributed by atoms with van der Waals surface area (Å²) in [6.45, 7) is 0.280. The molecule has 27 heavy (non-hydrogen) atoms. The molecule has 3 aromatic rings. The first-order valence-electron chi connectivity index (χ1n) is 9.08. The van der Waals surface area contributed by atoms with Gasteiger partial charge in [0.25, 0.3) is 0 Å². The Morgan fingerprint density at radius 1 is 1.11 bits per heavy atom. The van der Waals surface area contributed by atoms with Crippen molar-refractivity contribution in [3.05, 3.63) is 59.3 Å². The van der Waals surface area contributed by atoms with E-state index in [0.717, 1.165) is 34.0 Å². The molecule has 6 heteroatoms. The maximum absolute atomic E-state index is 5.71. The Hall–Kier alpha value is -2.57. The molecule has 2 atom stereocenters. The van der Waals surface area contributed by atoms with Crippen molar-refractivity contribution < 1.29 is 9.47 Å². The van der Waals surface area contributed by atoms with Gasteiger partial charge in [0.2, 0.25) is 6.79 Å². The van der Waals surface area contributed by atoms with E-state index in [-0.39, 0.29) is 18.9 Å². The second-order valence-electron chi connectivity index (χ2n) is 7.26. The van der Waals surface area contributed by atoms with E-state index in [9.17, 15) is 0 Å². The molecule has 1 aromatic heterocycles. The molecule has 0 spiro atoms. The Morgan fingerprint density at radius 3 is 2.78 bits per heavy atom. The van der Waals surface area contributed by atoms with Gasteiger partial charge in [-0.2, -0.15) is 0 Å². The molecule has 2 aliphatic rings.